The molecule has 1 saturated heterocycles. The molecule has 1 heterocycles. The van der Waals surface area contributed by atoms with Crippen LogP contribution < -0.4 is 0 Å². The summed E-state index contributed by atoms with van der Waals surface area (Å²) in [7, 11) is 0. The predicted molar refractivity (Wildman–Crippen MR) is 74.7 cm³/mol. The zero-order chi connectivity index (χ0) is 14.9. The lowest BCUT2D eigenvalue weighted by atomic mass is 9.74. The van der Waals surface area contributed by atoms with E-state index in [9.17, 15) is 9.59 Å². The number of rotatable bonds is 3. The highest BCUT2D eigenvalue weighted by Crippen LogP contribution is 2.42. The molecule has 5 unspecified atom stereocenters. The van der Waals surface area contributed by atoms with Gasteiger partial charge in [0.15, 0.2) is 0 Å². The summed E-state index contributed by atoms with van der Waals surface area (Å²) >= 11 is 0. The van der Waals surface area contributed by atoms with Crippen molar-refractivity contribution in [1.82, 2.24) is 0 Å². The van der Waals surface area contributed by atoms with E-state index in [1.807, 2.05) is 13.8 Å². The van der Waals surface area contributed by atoms with E-state index in [1.54, 1.807) is 6.92 Å². The minimum absolute atomic E-state index is 0.0205. The Morgan fingerprint density at radius 1 is 1.45 bits per heavy atom. The minimum atomic E-state index is -1.08. The molecule has 4 nitrogen and oxygen atoms in total. The number of hydrogen-bond acceptors (Lipinski definition) is 4. The van der Waals surface area contributed by atoms with Crippen LogP contribution in [0.15, 0.2) is 0 Å². The van der Waals surface area contributed by atoms with Crippen molar-refractivity contribution >= 4 is 11.9 Å². The average Bonchev–Trinajstić information content (AvgIpc) is 2.43. The summed E-state index contributed by atoms with van der Waals surface area (Å²) in [5, 5.41) is 0. The third kappa shape index (κ3) is 3.33. The maximum atomic E-state index is 12.2. The number of carbonyl (C=O) groups is 2. The lowest BCUT2D eigenvalue weighted by molar-refractivity contribution is -0.227. The Hall–Kier alpha value is -1.06. The second-order valence-electron chi connectivity index (χ2n) is 6.86. The third-order valence-corrected chi connectivity index (χ3v) is 4.68. The molecule has 4 heteroatoms. The molecule has 0 N–H and O–H groups in total. The van der Waals surface area contributed by atoms with Crippen molar-refractivity contribution in [3.8, 4) is 0 Å². The zero-order valence-corrected chi connectivity index (χ0v) is 13.0. The smallest absolute Gasteiger partial charge is 0.312 e. The fourth-order valence-corrected chi connectivity index (χ4v) is 3.51. The van der Waals surface area contributed by atoms with Crippen LogP contribution in [0, 0.1) is 23.7 Å². The monoisotopic (exact) mass is 282 g/mol. The Morgan fingerprint density at radius 2 is 2.15 bits per heavy atom. The second-order valence-corrected chi connectivity index (χ2v) is 6.86. The molecule has 0 radical (unpaired) electrons. The molecule has 5 atom stereocenters. The van der Waals surface area contributed by atoms with Gasteiger partial charge in [0.2, 0.25) is 0 Å². The largest absolute Gasteiger partial charge is 0.423 e. The van der Waals surface area contributed by atoms with E-state index < -0.39 is 5.79 Å². The van der Waals surface area contributed by atoms with E-state index in [0.29, 0.717) is 18.3 Å². The third-order valence-electron chi connectivity index (χ3n) is 4.68. The first-order valence-electron chi connectivity index (χ1n) is 7.78. The molecule has 0 aromatic rings. The fraction of sp³-hybridized carbons (Fsp3) is 0.875. The summed E-state index contributed by atoms with van der Waals surface area (Å²) in [5.41, 5.74) is 0. The van der Waals surface area contributed by atoms with Gasteiger partial charge in [-0.05, 0) is 37.5 Å². The van der Waals surface area contributed by atoms with Crippen LogP contribution in [0.25, 0.3) is 0 Å². The van der Waals surface area contributed by atoms with Crippen LogP contribution >= 0.6 is 0 Å². The number of hydrogen-bond donors (Lipinski definition) is 0. The normalized spacial score (nSPS) is 38.6. The summed E-state index contributed by atoms with van der Waals surface area (Å²) in [6.07, 6.45) is 4.21. The summed E-state index contributed by atoms with van der Waals surface area (Å²) in [6.45, 7) is 7.70. The van der Waals surface area contributed by atoms with Crippen molar-refractivity contribution in [1.29, 1.82) is 0 Å². The van der Waals surface area contributed by atoms with Gasteiger partial charge in [-0.2, -0.15) is 0 Å². The van der Waals surface area contributed by atoms with E-state index >= 15 is 0 Å². The molecule has 1 aliphatic carbocycles. The molecule has 0 aromatic heterocycles. The standard InChI is InChI=1S/C16H26O4/c1-5-11(3)14(17)19-16(4)9-12-6-10(2)7-13(8-12)15(18)20-16/h10-13H,5-9H2,1-4H3. The Labute approximate surface area is 121 Å². The molecule has 2 fully saturated rings. The number of carbonyl (C=O) groups excluding carboxylic acids is 2. The number of ether oxygens (including phenoxy) is 2. The average molecular weight is 282 g/mol. The van der Waals surface area contributed by atoms with Crippen LogP contribution in [-0.2, 0) is 19.1 Å². The van der Waals surface area contributed by atoms with Crippen LogP contribution in [0.4, 0.5) is 0 Å². The van der Waals surface area contributed by atoms with E-state index in [1.165, 1.54) is 0 Å². The van der Waals surface area contributed by atoms with E-state index in [4.69, 9.17) is 9.47 Å². The molecule has 2 aliphatic rings. The van der Waals surface area contributed by atoms with E-state index in [2.05, 4.69) is 6.92 Å². The van der Waals surface area contributed by atoms with Crippen LogP contribution in [0.2, 0.25) is 0 Å². The molecule has 2 rings (SSSR count). The lowest BCUT2D eigenvalue weighted by Gasteiger charge is -2.31. The zero-order valence-electron chi connectivity index (χ0n) is 13.0. The van der Waals surface area contributed by atoms with Gasteiger partial charge in [0, 0.05) is 13.3 Å². The van der Waals surface area contributed by atoms with Gasteiger partial charge in [0.1, 0.15) is 0 Å². The molecule has 114 valence electrons. The molecule has 2 bridgehead atoms. The van der Waals surface area contributed by atoms with Gasteiger partial charge < -0.3 is 9.47 Å². The maximum absolute atomic E-state index is 12.2. The highest BCUT2D eigenvalue weighted by molar-refractivity contribution is 5.75. The molecule has 1 saturated carbocycles. The Morgan fingerprint density at radius 3 is 2.80 bits per heavy atom. The van der Waals surface area contributed by atoms with Crippen LogP contribution in [0.3, 0.4) is 0 Å². The van der Waals surface area contributed by atoms with Gasteiger partial charge in [0.25, 0.3) is 5.79 Å². The molecular formula is C16H26O4. The van der Waals surface area contributed by atoms with Crippen molar-refractivity contribution in [2.45, 2.75) is 65.6 Å². The van der Waals surface area contributed by atoms with Crippen molar-refractivity contribution in [2.75, 3.05) is 0 Å². The topological polar surface area (TPSA) is 52.6 Å². The maximum Gasteiger partial charge on any atom is 0.312 e. The van der Waals surface area contributed by atoms with Crippen molar-refractivity contribution < 1.29 is 19.1 Å². The van der Waals surface area contributed by atoms with Gasteiger partial charge in [-0.3, -0.25) is 9.59 Å². The molecule has 1 aliphatic heterocycles. The Bertz CT molecular complexity index is 392. The quantitative estimate of drug-likeness (QED) is 0.745. The van der Waals surface area contributed by atoms with Gasteiger partial charge in [-0.25, -0.2) is 0 Å². The predicted octanol–water partition coefficient (Wildman–Crippen LogP) is 3.29. The SMILES string of the molecule is CCC(C)C(=O)OC1(C)CC2CC(C)CC(C2)C(=O)O1. The first kappa shape index (κ1) is 15.3. The van der Waals surface area contributed by atoms with Gasteiger partial charge in [-0.1, -0.05) is 20.8 Å². The van der Waals surface area contributed by atoms with Crippen LogP contribution in [-0.4, -0.2) is 17.7 Å². The fourth-order valence-electron chi connectivity index (χ4n) is 3.51. The summed E-state index contributed by atoms with van der Waals surface area (Å²) in [4.78, 5) is 24.2. The van der Waals surface area contributed by atoms with Crippen LogP contribution in [0.5, 0.6) is 0 Å². The highest BCUT2D eigenvalue weighted by atomic mass is 16.7. The second kappa shape index (κ2) is 5.74. The van der Waals surface area contributed by atoms with Gasteiger partial charge >= 0.3 is 11.9 Å². The molecule has 0 amide bonds. The molecule has 20 heavy (non-hydrogen) atoms. The van der Waals surface area contributed by atoms with Crippen molar-refractivity contribution in [3.05, 3.63) is 0 Å². The Balaban J connectivity index is 2.11. The number of esters is 2. The first-order chi connectivity index (χ1) is 9.33. The molecule has 0 aromatic carbocycles. The van der Waals surface area contributed by atoms with Crippen molar-refractivity contribution in [3.63, 3.8) is 0 Å². The minimum Gasteiger partial charge on any atom is -0.423 e. The van der Waals surface area contributed by atoms with E-state index in [0.717, 1.165) is 25.7 Å². The van der Waals surface area contributed by atoms with Gasteiger partial charge in [0.05, 0.1) is 11.8 Å². The Kier molecular flexibility index (Phi) is 4.40. The number of cyclic esters (lactones) is 1. The summed E-state index contributed by atoms with van der Waals surface area (Å²) in [6, 6.07) is 0. The number of fused-ring (bicyclic) bond motifs is 2. The van der Waals surface area contributed by atoms with Crippen LogP contribution in [0.1, 0.15) is 59.8 Å². The summed E-state index contributed by atoms with van der Waals surface area (Å²) in [5.74, 6) is -0.782. The van der Waals surface area contributed by atoms with Crippen molar-refractivity contribution in [2.24, 2.45) is 23.7 Å². The highest BCUT2D eigenvalue weighted by Gasteiger charge is 2.45. The lowest BCUT2D eigenvalue weighted by Crippen LogP contribution is -2.38. The summed E-state index contributed by atoms with van der Waals surface area (Å²) < 4.78 is 11.1. The molecular weight excluding hydrogens is 256 g/mol. The first-order valence-corrected chi connectivity index (χ1v) is 7.78. The molecule has 0 spiro atoms. The van der Waals surface area contributed by atoms with E-state index in [-0.39, 0.29) is 23.8 Å². The van der Waals surface area contributed by atoms with Gasteiger partial charge in [-0.15, -0.1) is 0 Å².